The van der Waals surface area contributed by atoms with E-state index < -0.39 is 6.08 Å². The van der Waals surface area contributed by atoms with Gasteiger partial charge in [0, 0.05) is 0 Å². The van der Waals surface area contributed by atoms with Crippen molar-refractivity contribution in [3.05, 3.63) is 76.9 Å². The van der Waals surface area contributed by atoms with Crippen molar-refractivity contribution in [3.63, 3.8) is 0 Å². The average molecular weight is 244 g/mol. The average Bonchev–Trinajstić information content (AvgIpc) is 2.28. The summed E-state index contributed by atoms with van der Waals surface area (Å²) in [4.78, 5) is 0. The summed E-state index contributed by atoms with van der Waals surface area (Å²) in [7, 11) is 0. The molecule has 18 heavy (non-hydrogen) atoms. The molecule has 2 heteroatoms. The molecule has 0 heterocycles. The fourth-order valence-electron chi connectivity index (χ4n) is 1.99. The molecule has 0 radical (unpaired) electrons. The lowest BCUT2D eigenvalue weighted by molar-refractivity contribution is 0.426. The quantitative estimate of drug-likeness (QED) is 0.700. The lowest BCUT2D eigenvalue weighted by atomic mass is 9.96. The molecule has 0 saturated heterocycles. The third kappa shape index (κ3) is 2.65. The van der Waals surface area contributed by atoms with E-state index >= 15 is 0 Å². The van der Waals surface area contributed by atoms with Crippen LogP contribution in [-0.2, 0) is 0 Å². The first kappa shape index (κ1) is 12.5. The van der Waals surface area contributed by atoms with Crippen LogP contribution in [0.3, 0.4) is 0 Å². The van der Waals surface area contributed by atoms with E-state index in [1.165, 1.54) is 0 Å². The topological polar surface area (TPSA) is 0 Å². The maximum atomic E-state index is 13.2. The van der Waals surface area contributed by atoms with Gasteiger partial charge in [0.1, 0.15) is 0 Å². The summed E-state index contributed by atoms with van der Waals surface area (Å²) in [6, 6.07) is 14.4. The van der Waals surface area contributed by atoms with Crippen LogP contribution >= 0.6 is 0 Å². The lowest BCUT2D eigenvalue weighted by Crippen LogP contribution is -1.91. The molecule has 0 aliphatic heterocycles. The zero-order valence-electron chi connectivity index (χ0n) is 10.4. The minimum absolute atomic E-state index is 0.0161. The fraction of sp³-hybridized carbons (Fsp3) is 0.125. The Morgan fingerprint density at radius 3 is 1.56 bits per heavy atom. The van der Waals surface area contributed by atoms with Crippen molar-refractivity contribution in [2.45, 2.75) is 13.8 Å². The minimum atomic E-state index is -1.65. The van der Waals surface area contributed by atoms with Crippen LogP contribution in [0.1, 0.15) is 22.3 Å². The molecule has 0 aliphatic carbocycles. The van der Waals surface area contributed by atoms with Crippen molar-refractivity contribution in [1.82, 2.24) is 0 Å². The van der Waals surface area contributed by atoms with E-state index in [1.54, 1.807) is 36.4 Å². The van der Waals surface area contributed by atoms with Crippen LogP contribution in [0.15, 0.2) is 54.6 Å². The molecule has 0 spiro atoms. The third-order valence-corrected chi connectivity index (χ3v) is 2.80. The zero-order valence-corrected chi connectivity index (χ0v) is 10.4. The molecule has 2 rings (SSSR count). The van der Waals surface area contributed by atoms with Crippen LogP contribution in [-0.4, -0.2) is 0 Å². The Morgan fingerprint density at radius 1 is 0.778 bits per heavy atom. The highest BCUT2D eigenvalue weighted by Gasteiger charge is 2.12. The smallest absolute Gasteiger partial charge is 0.173 e. The van der Waals surface area contributed by atoms with Crippen LogP contribution in [0.5, 0.6) is 0 Å². The van der Waals surface area contributed by atoms with Gasteiger partial charge in [0.25, 0.3) is 6.08 Å². The molecule has 0 fully saturated rings. The predicted octanol–water partition coefficient (Wildman–Crippen LogP) is 4.96. The molecule has 0 atom stereocenters. The predicted molar refractivity (Wildman–Crippen MR) is 70.6 cm³/mol. The van der Waals surface area contributed by atoms with Gasteiger partial charge in [-0.3, -0.25) is 0 Å². The van der Waals surface area contributed by atoms with Crippen LogP contribution in [0, 0.1) is 13.8 Å². The van der Waals surface area contributed by atoms with Gasteiger partial charge < -0.3 is 0 Å². The van der Waals surface area contributed by atoms with Gasteiger partial charge in [-0.15, -0.1) is 0 Å². The maximum absolute atomic E-state index is 13.2. The van der Waals surface area contributed by atoms with E-state index in [2.05, 4.69) is 0 Å². The second-order valence-electron chi connectivity index (χ2n) is 4.37. The molecular formula is C16H14F2. The second kappa shape index (κ2) is 5.13. The molecular weight excluding hydrogens is 230 g/mol. The van der Waals surface area contributed by atoms with Crippen LogP contribution in [0.25, 0.3) is 5.57 Å². The molecule has 2 aromatic carbocycles. The van der Waals surface area contributed by atoms with Crippen molar-refractivity contribution in [3.8, 4) is 0 Å². The highest BCUT2D eigenvalue weighted by Crippen LogP contribution is 2.29. The molecule has 92 valence electrons. The summed E-state index contributed by atoms with van der Waals surface area (Å²) in [5, 5.41) is 0. The Kier molecular flexibility index (Phi) is 3.56. The summed E-state index contributed by atoms with van der Waals surface area (Å²) >= 11 is 0. The van der Waals surface area contributed by atoms with Crippen molar-refractivity contribution in [2.75, 3.05) is 0 Å². The van der Waals surface area contributed by atoms with Crippen molar-refractivity contribution < 1.29 is 8.78 Å². The minimum Gasteiger partial charge on any atom is -0.173 e. The Hall–Kier alpha value is -1.96. The van der Waals surface area contributed by atoms with Gasteiger partial charge in [0.05, 0.1) is 5.57 Å². The molecule has 0 nitrogen and oxygen atoms in total. The first-order valence-electron chi connectivity index (χ1n) is 5.77. The van der Waals surface area contributed by atoms with E-state index in [0.29, 0.717) is 11.1 Å². The molecule has 0 aromatic heterocycles. The first-order valence-corrected chi connectivity index (χ1v) is 5.77. The van der Waals surface area contributed by atoms with Gasteiger partial charge in [-0.05, 0) is 25.0 Å². The van der Waals surface area contributed by atoms with Gasteiger partial charge in [0.2, 0.25) is 0 Å². The van der Waals surface area contributed by atoms with E-state index in [9.17, 15) is 8.78 Å². The molecule has 0 amide bonds. The molecule has 2 aromatic rings. The highest BCUT2D eigenvalue weighted by atomic mass is 19.3. The number of aryl methyl sites for hydroxylation is 2. The number of benzene rings is 2. The van der Waals surface area contributed by atoms with Crippen molar-refractivity contribution in [1.29, 1.82) is 0 Å². The van der Waals surface area contributed by atoms with Gasteiger partial charge in [-0.25, -0.2) is 0 Å². The summed E-state index contributed by atoms with van der Waals surface area (Å²) < 4.78 is 26.4. The maximum Gasteiger partial charge on any atom is 0.278 e. The Labute approximate surface area is 106 Å². The summed E-state index contributed by atoms with van der Waals surface area (Å²) in [5.74, 6) is 0. The van der Waals surface area contributed by atoms with Crippen molar-refractivity contribution >= 4 is 5.57 Å². The summed E-state index contributed by atoms with van der Waals surface area (Å²) in [6.07, 6.45) is -1.65. The van der Waals surface area contributed by atoms with Gasteiger partial charge in [-0.2, -0.15) is 8.78 Å². The van der Waals surface area contributed by atoms with Crippen LogP contribution in [0.2, 0.25) is 0 Å². The van der Waals surface area contributed by atoms with Crippen LogP contribution in [0.4, 0.5) is 8.78 Å². The molecule has 0 unspecified atom stereocenters. The van der Waals surface area contributed by atoms with E-state index in [-0.39, 0.29) is 5.57 Å². The van der Waals surface area contributed by atoms with Gasteiger partial charge in [0.15, 0.2) is 0 Å². The number of hydrogen-bond acceptors (Lipinski definition) is 0. The molecule has 0 N–H and O–H groups in total. The Balaban J connectivity index is 2.59. The fourth-order valence-corrected chi connectivity index (χ4v) is 1.99. The normalized spacial score (nSPS) is 10.2. The zero-order chi connectivity index (χ0) is 13.1. The lowest BCUT2D eigenvalue weighted by Gasteiger charge is -2.08. The standard InChI is InChI=1S/C16H14F2/c1-11-5-3-7-13(9-11)15(16(17)18)14-8-4-6-12(2)10-14/h3-10H,1-2H3. The monoisotopic (exact) mass is 244 g/mol. The Bertz CT molecular complexity index is 546. The van der Waals surface area contributed by atoms with E-state index in [4.69, 9.17) is 0 Å². The van der Waals surface area contributed by atoms with Gasteiger partial charge in [-0.1, -0.05) is 59.7 Å². The highest BCUT2D eigenvalue weighted by molar-refractivity contribution is 5.80. The second-order valence-corrected chi connectivity index (χ2v) is 4.37. The largest absolute Gasteiger partial charge is 0.278 e. The summed E-state index contributed by atoms with van der Waals surface area (Å²) in [5.41, 5.74) is 3.07. The number of hydrogen-bond donors (Lipinski definition) is 0. The molecule has 0 bridgehead atoms. The van der Waals surface area contributed by atoms with Gasteiger partial charge >= 0.3 is 0 Å². The SMILES string of the molecule is Cc1cccc(C(=C(F)F)c2cccc(C)c2)c1. The number of rotatable bonds is 2. The van der Waals surface area contributed by atoms with Crippen LogP contribution < -0.4 is 0 Å². The first-order chi connectivity index (χ1) is 8.58. The third-order valence-electron chi connectivity index (χ3n) is 2.80. The van der Waals surface area contributed by atoms with E-state index in [1.807, 2.05) is 26.0 Å². The summed E-state index contributed by atoms with van der Waals surface area (Å²) in [6.45, 7) is 3.79. The number of halogens is 2. The molecule has 0 aliphatic rings. The van der Waals surface area contributed by atoms with E-state index in [0.717, 1.165) is 11.1 Å². The van der Waals surface area contributed by atoms with Crippen molar-refractivity contribution in [2.24, 2.45) is 0 Å². The molecule has 0 saturated carbocycles. The Morgan fingerprint density at radius 2 is 1.22 bits per heavy atom.